The zero-order valence-corrected chi connectivity index (χ0v) is 11.7. The van der Waals surface area contributed by atoms with Crippen molar-refractivity contribution in [3.63, 3.8) is 0 Å². The Morgan fingerprint density at radius 2 is 1.89 bits per heavy atom. The zero-order chi connectivity index (χ0) is 13.6. The molecule has 0 aliphatic rings. The van der Waals surface area contributed by atoms with E-state index in [1.165, 1.54) is 12.1 Å². The Morgan fingerprint density at radius 3 is 2.50 bits per heavy atom. The van der Waals surface area contributed by atoms with Crippen molar-refractivity contribution in [3.8, 4) is 5.75 Å². The second-order valence-electron chi connectivity index (χ2n) is 4.21. The highest BCUT2D eigenvalue weighted by molar-refractivity contribution is 9.09. The monoisotopic (exact) mass is 324 g/mol. The average molecular weight is 325 g/mol. The first-order valence-electron chi connectivity index (χ1n) is 5.80. The molecule has 1 atom stereocenters. The maximum Gasteiger partial charge on any atom is 0.419 e. The van der Waals surface area contributed by atoms with Gasteiger partial charge in [-0.15, -0.1) is 0 Å². The van der Waals surface area contributed by atoms with Crippen LogP contribution in [0, 0.1) is 5.92 Å². The van der Waals surface area contributed by atoms with E-state index in [1.807, 2.05) is 0 Å². The molecule has 0 aliphatic carbocycles. The van der Waals surface area contributed by atoms with Gasteiger partial charge in [0.15, 0.2) is 0 Å². The van der Waals surface area contributed by atoms with Gasteiger partial charge in [0.25, 0.3) is 0 Å². The first-order valence-corrected chi connectivity index (χ1v) is 6.92. The van der Waals surface area contributed by atoms with Crippen molar-refractivity contribution in [2.75, 3.05) is 11.9 Å². The van der Waals surface area contributed by atoms with Crippen LogP contribution in [0.25, 0.3) is 0 Å². The summed E-state index contributed by atoms with van der Waals surface area (Å²) in [5.74, 6) is 0.346. The lowest BCUT2D eigenvalue weighted by Crippen LogP contribution is -2.10. The normalized spacial score (nSPS) is 13.4. The highest BCUT2D eigenvalue weighted by atomic mass is 79.9. The molecule has 0 radical (unpaired) electrons. The topological polar surface area (TPSA) is 9.23 Å². The van der Waals surface area contributed by atoms with Gasteiger partial charge in [-0.1, -0.05) is 35.0 Å². The number of hydrogen-bond donors (Lipinski definition) is 0. The van der Waals surface area contributed by atoms with Gasteiger partial charge in [-0.25, -0.2) is 0 Å². The summed E-state index contributed by atoms with van der Waals surface area (Å²) in [5.41, 5.74) is -0.710. The number of hydrogen-bond acceptors (Lipinski definition) is 1. The Balaban J connectivity index is 2.57. The van der Waals surface area contributed by atoms with Crippen molar-refractivity contribution >= 4 is 15.9 Å². The van der Waals surface area contributed by atoms with Crippen molar-refractivity contribution < 1.29 is 17.9 Å². The second kappa shape index (κ2) is 7.02. The Bertz CT molecular complexity index is 365. The Kier molecular flexibility index (Phi) is 5.99. The molecule has 102 valence electrons. The molecule has 1 unspecified atom stereocenters. The van der Waals surface area contributed by atoms with E-state index in [0.29, 0.717) is 12.5 Å². The van der Waals surface area contributed by atoms with Crippen LogP contribution in [0.2, 0.25) is 0 Å². The third-order valence-electron chi connectivity index (χ3n) is 2.66. The Hall–Kier alpha value is -0.710. The molecular weight excluding hydrogens is 309 g/mol. The molecule has 5 heteroatoms. The lowest BCUT2D eigenvalue weighted by Gasteiger charge is -2.15. The zero-order valence-electron chi connectivity index (χ0n) is 10.1. The van der Waals surface area contributed by atoms with Crippen molar-refractivity contribution in [1.82, 2.24) is 0 Å². The minimum absolute atomic E-state index is 0.0870. The fourth-order valence-electron chi connectivity index (χ4n) is 1.53. The molecule has 1 aromatic rings. The highest BCUT2D eigenvalue weighted by Gasteiger charge is 2.33. The summed E-state index contributed by atoms with van der Waals surface area (Å²) in [5, 5.41) is 0.896. The maximum absolute atomic E-state index is 12.7. The van der Waals surface area contributed by atoms with E-state index in [2.05, 4.69) is 22.9 Å². The van der Waals surface area contributed by atoms with Gasteiger partial charge in [0.2, 0.25) is 0 Å². The molecule has 0 N–H and O–H groups in total. The smallest absolute Gasteiger partial charge is 0.419 e. The first kappa shape index (κ1) is 15.3. The van der Waals surface area contributed by atoms with Crippen LogP contribution in [0.4, 0.5) is 13.2 Å². The van der Waals surface area contributed by atoms with Gasteiger partial charge in [-0.05, 0) is 30.9 Å². The van der Waals surface area contributed by atoms with Gasteiger partial charge in [-0.3, -0.25) is 0 Å². The van der Waals surface area contributed by atoms with E-state index < -0.39 is 11.7 Å². The van der Waals surface area contributed by atoms with E-state index in [9.17, 15) is 13.2 Å². The van der Waals surface area contributed by atoms with Gasteiger partial charge in [0, 0.05) is 5.33 Å². The van der Waals surface area contributed by atoms with Gasteiger partial charge in [0.05, 0.1) is 12.2 Å². The molecule has 1 aromatic carbocycles. The molecule has 0 saturated heterocycles. The third-order valence-corrected chi connectivity index (χ3v) is 3.12. The predicted molar refractivity (Wildman–Crippen MR) is 69.1 cm³/mol. The van der Waals surface area contributed by atoms with Crippen molar-refractivity contribution in [2.45, 2.75) is 25.9 Å². The highest BCUT2D eigenvalue weighted by Crippen LogP contribution is 2.35. The molecule has 18 heavy (non-hydrogen) atoms. The maximum atomic E-state index is 12.7. The number of alkyl halides is 4. The number of ether oxygens (including phenoxy) is 1. The molecular formula is C13H16BrF3O. The Labute approximate surface area is 113 Å². The molecule has 0 fully saturated rings. The van der Waals surface area contributed by atoms with Gasteiger partial charge in [-0.2, -0.15) is 13.2 Å². The predicted octanol–water partition coefficient (Wildman–Crippen LogP) is 4.90. The van der Waals surface area contributed by atoms with Crippen LogP contribution in [0.5, 0.6) is 5.75 Å². The fraction of sp³-hybridized carbons (Fsp3) is 0.538. The number of rotatable bonds is 6. The third kappa shape index (κ3) is 4.88. The van der Waals surface area contributed by atoms with Gasteiger partial charge in [0.1, 0.15) is 5.75 Å². The van der Waals surface area contributed by atoms with Crippen LogP contribution in [-0.2, 0) is 6.18 Å². The van der Waals surface area contributed by atoms with E-state index >= 15 is 0 Å². The summed E-state index contributed by atoms with van der Waals surface area (Å²) >= 11 is 3.33. The van der Waals surface area contributed by atoms with Gasteiger partial charge >= 0.3 is 6.18 Å². The molecule has 0 bridgehead atoms. The second-order valence-corrected chi connectivity index (χ2v) is 5.01. The number of para-hydroxylation sites is 1. The van der Waals surface area contributed by atoms with Crippen molar-refractivity contribution in [1.29, 1.82) is 0 Å². The molecule has 0 amide bonds. The first-order chi connectivity index (χ1) is 8.45. The van der Waals surface area contributed by atoms with Crippen LogP contribution >= 0.6 is 15.9 Å². The van der Waals surface area contributed by atoms with E-state index in [4.69, 9.17) is 4.74 Å². The standard InChI is InChI=1S/C13H16BrF3O/c1-10(6-8-14)7-9-18-12-5-3-2-4-11(12)13(15,16)17/h2-5,10H,6-9H2,1H3. The van der Waals surface area contributed by atoms with E-state index in [0.717, 1.165) is 24.2 Å². The largest absolute Gasteiger partial charge is 0.493 e. The SMILES string of the molecule is CC(CCBr)CCOc1ccccc1C(F)(F)F. The number of halogens is 4. The summed E-state index contributed by atoms with van der Waals surface area (Å²) in [7, 11) is 0. The molecule has 1 nitrogen and oxygen atoms in total. The quantitative estimate of drug-likeness (QED) is 0.676. The minimum Gasteiger partial charge on any atom is -0.493 e. The summed E-state index contributed by atoms with van der Waals surface area (Å²) in [6, 6.07) is 5.31. The van der Waals surface area contributed by atoms with E-state index in [-0.39, 0.29) is 5.75 Å². The van der Waals surface area contributed by atoms with Crippen LogP contribution in [0.1, 0.15) is 25.3 Å². The fourth-order valence-corrected chi connectivity index (χ4v) is 2.31. The lowest BCUT2D eigenvalue weighted by molar-refractivity contribution is -0.139. The van der Waals surface area contributed by atoms with Crippen molar-refractivity contribution in [2.24, 2.45) is 5.92 Å². The van der Waals surface area contributed by atoms with Crippen LogP contribution < -0.4 is 4.74 Å². The van der Waals surface area contributed by atoms with Crippen LogP contribution in [-0.4, -0.2) is 11.9 Å². The summed E-state index contributed by atoms with van der Waals surface area (Å²) in [6.07, 6.45) is -2.62. The number of benzene rings is 1. The summed E-state index contributed by atoms with van der Waals surface area (Å²) in [4.78, 5) is 0. The van der Waals surface area contributed by atoms with Crippen LogP contribution in [0.15, 0.2) is 24.3 Å². The molecule has 0 aromatic heterocycles. The molecule has 0 spiro atoms. The summed E-state index contributed by atoms with van der Waals surface area (Å²) < 4.78 is 43.3. The Morgan fingerprint density at radius 1 is 1.22 bits per heavy atom. The van der Waals surface area contributed by atoms with Crippen LogP contribution in [0.3, 0.4) is 0 Å². The molecule has 0 saturated carbocycles. The summed E-state index contributed by atoms with van der Waals surface area (Å²) in [6.45, 7) is 2.36. The average Bonchev–Trinajstić information content (AvgIpc) is 2.28. The molecule has 0 aliphatic heterocycles. The minimum atomic E-state index is -4.36. The van der Waals surface area contributed by atoms with Gasteiger partial charge < -0.3 is 4.74 Å². The van der Waals surface area contributed by atoms with Crippen molar-refractivity contribution in [3.05, 3.63) is 29.8 Å². The molecule has 1 rings (SSSR count). The van der Waals surface area contributed by atoms with E-state index in [1.54, 1.807) is 6.07 Å². The lowest BCUT2D eigenvalue weighted by atomic mass is 10.1. The molecule has 0 heterocycles.